The van der Waals surface area contributed by atoms with Crippen molar-refractivity contribution in [1.82, 2.24) is 0 Å². The lowest BCUT2D eigenvalue weighted by atomic mass is 9.87. The number of carbonyl (C=O) groups excluding carboxylic acids is 1. The van der Waals surface area contributed by atoms with Gasteiger partial charge in [0.25, 0.3) is 0 Å². The number of halogens is 1. The first-order valence-electron chi connectivity index (χ1n) is 9.00. The van der Waals surface area contributed by atoms with E-state index in [4.69, 9.17) is 9.84 Å². The zero-order chi connectivity index (χ0) is 19.5. The Hall–Kier alpha value is -3.47. The number of ether oxygens (including phenoxy) is 1. The number of rotatable bonds is 4. The van der Waals surface area contributed by atoms with Crippen LogP contribution in [0.1, 0.15) is 17.2 Å². The summed E-state index contributed by atoms with van der Waals surface area (Å²) in [5.41, 5.74) is 3.06. The van der Waals surface area contributed by atoms with Crippen LogP contribution in [0, 0.1) is 11.7 Å². The van der Waals surface area contributed by atoms with E-state index >= 15 is 0 Å². The van der Waals surface area contributed by atoms with Gasteiger partial charge in [0, 0.05) is 0 Å². The zero-order valence-electron chi connectivity index (χ0n) is 15.3. The Balaban J connectivity index is 1.88. The summed E-state index contributed by atoms with van der Waals surface area (Å²) in [5.74, 6) is -1.36. The molecular formula is C23H19FN2O2. The number of anilines is 1. The molecule has 0 spiro atoms. The summed E-state index contributed by atoms with van der Waals surface area (Å²) in [7, 11) is 1.37. The molecule has 0 N–H and O–H groups in total. The van der Waals surface area contributed by atoms with Gasteiger partial charge >= 0.3 is 5.97 Å². The minimum Gasteiger partial charge on any atom is -0.468 e. The Labute approximate surface area is 162 Å². The molecule has 0 aliphatic carbocycles. The SMILES string of the molecule is COC(=O)C1C(c2ccc(F)cc2)=NN(c2ccccc2)C1c1ccccc1. The molecular weight excluding hydrogens is 355 g/mol. The highest BCUT2D eigenvalue weighted by Crippen LogP contribution is 2.41. The lowest BCUT2D eigenvalue weighted by Gasteiger charge is -2.27. The van der Waals surface area contributed by atoms with Crippen LogP contribution in [-0.2, 0) is 9.53 Å². The summed E-state index contributed by atoms with van der Waals surface area (Å²) in [6, 6.07) is 25.1. The standard InChI is InChI=1S/C23H19FN2O2/c1-28-23(27)20-21(16-12-14-18(24)15-13-16)25-26(19-10-6-3-7-11-19)22(20)17-8-4-2-5-9-17/h2-15,20,22H,1H3. The van der Waals surface area contributed by atoms with E-state index in [0.29, 0.717) is 11.3 Å². The fourth-order valence-corrected chi connectivity index (χ4v) is 3.54. The summed E-state index contributed by atoms with van der Waals surface area (Å²) >= 11 is 0. The van der Waals surface area contributed by atoms with Crippen LogP contribution in [-0.4, -0.2) is 18.8 Å². The number of esters is 1. The number of methoxy groups -OCH3 is 1. The van der Waals surface area contributed by atoms with Crippen LogP contribution in [0.3, 0.4) is 0 Å². The van der Waals surface area contributed by atoms with Gasteiger partial charge in [0.15, 0.2) is 0 Å². The molecule has 3 aromatic rings. The van der Waals surface area contributed by atoms with Gasteiger partial charge in [-0.25, -0.2) is 4.39 Å². The summed E-state index contributed by atoms with van der Waals surface area (Å²) in [5, 5.41) is 6.64. The van der Waals surface area contributed by atoms with Crippen molar-refractivity contribution in [1.29, 1.82) is 0 Å². The molecule has 1 heterocycles. The van der Waals surface area contributed by atoms with Gasteiger partial charge in [-0.3, -0.25) is 9.80 Å². The summed E-state index contributed by atoms with van der Waals surface area (Å²) < 4.78 is 18.6. The maximum absolute atomic E-state index is 13.4. The van der Waals surface area contributed by atoms with Gasteiger partial charge in [0.2, 0.25) is 0 Å². The van der Waals surface area contributed by atoms with Crippen molar-refractivity contribution in [3.63, 3.8) is 0 Å². The monoisotopic (exact) mass is 374 g/mol. The second kappa shape index (κ2) is 7.64. The molecule has 0 aromatic heterocycles. The molecule has 4 nitrogen and oxygen atoms in total. The maximum Gasteiger partial charge on any atom is 0.317 e. The van der Waals surface area contributed by atoms with Crippen LogP contribution in [0.2, 0.25) is 0 Å². The van der Waals surface area contributed by atoms with E-state index in [1.807, 2.05) is 65.7 Å². The third kappa shape index (κ3) is 3.27. The van der Waals surface area contributed by atoms with E-state index in [2.05, 4.69) is 0 Å². The zero-order valence-corrected chi connectivity index (χ0v) is 15.3. The molecule has 0 radical (unpaired) electrons. The third-order valence-corrected chi connectivity index (χ3v) is 4.85. The highest BCUT2D eigenvalue weighted by atomic mass is 19.1. The summed E-state index contributed by atoms with van der Waals surface area (Å²) in [4.78, 5) is 12.8. The van der Waals surface area contributed by atoms with Crippen molar-refractivity contribution in [2.75, 3.05) is 12.1 Å². The Kier molecular flexibility index (Phi) is 4.89. The van der Waals surface area contributed by atoms with E-state index in [-0.39, 0.29) is 17.8 Å². The summed E-state index contributed by atoms with van der Waals surface area (Å²) in [6.07, 6.45) is 0. The highest BCUT2D eigenvalue weighted by molar-refractivity contribution is 6.14. The molecule has 2 unspecified atom stereocenters. The molecule has 1 aliphatic heterocycles. The van der Waals surface area contributed by atoms with Crippen molar-refractivity contribution in [3.05, 3.63) is 102 Å². The molecule has 1 aliphatic rings. The van der Waals surface area contributed by atoms with Gasteiger partial charge in [0.1, 0.15) is 11.7 Å². The first kappa shape index (κ1) is 17.9. The fourth-order valence-electron chi connectivity index (χ4n) is 3.54. The second-order valence-electron chi connectivity index (χ2n) is 6.53. The maximum atomic E-state index is 13.4. The minimum atomic E-state index is -0.641. The van der Waals surface area contributed by atoms with Crippen LogP contribution >= 0.6 is 0 Å². The molecule has 140 valence electrons. The quantitative estimate of drug-likeness (QED) is 0.628. The highest BCUT2D eigenvalue weighted by Gasteiger charge is 2.44. The van der Waals surface area contributed by atoms with Crippen LogP contribution in [0.15, 0.2) is 90.0 Å². The van der Waals surface area contributed by atoms with Crippen LogP contribution in [0.4, 0.5) is 10.1 Å². The van der Waals surface area contributed by atoms with Crippen molar-refractivity contribution >= 4 is 17.4 Å². The van der Waals surface area contributed by atoms with Crippen molar-refractivity contribution in [2.45, 2.75) is 6.04 Å². The third-order valence-electron chi connectivity index (χ3n) is 4.85. The molecule has 28 heavy (non-hydrogen) atoms. The lowest BCUT2D eigenvalue weighted by molar-refractivity contribution is -0.143. The normalized spacial score (nSPS) is 18.6. The van der Waals surface area contributed by atoms with E-state index < -0.39 is 5.92 Å². The number of nitrogens with zero attached hydrogens (tertiary/aromatic N) is 2. The van der Waals surface area contributed by atoms with E-state index in [0.717, 1.165) is 11.3 Å². The average molecular weight is 374 g/mol. The molecule has 0 saturated heterocycles. The minimum absolute atomic E-state index is 0.337. The number of hydrazone groups is 1. The van der Waals surface area contributed by atoms with E-state index in [1.165, 1.54) is 19.2 Å². The average Bonchev–Trinajstić information content (AvgIpc) is 3.15. The van der Waals surface area contributed by atoms with Gasteiger partial charge in [-0.15, -0.1) is 0 Å². The first-order chi connectivity index (χ1) is 13.7. The predicted octanol–water partition coefficient (Wildman–Crippen LogP) is 4.58. The van der Waals surface area contributed by atoms with Gasteiger partial charge in [-0.2, -0.15) is 5.10 Å². The van der Waals surface area contributed by atoms with Gasteiger partial charge in [-0.05, 0) is 35.4 Å². The summed E-state index contributed by atoms with van der Waals surface area (Å²) in [6.45, 7) is 0. The van der Waals surface area contributed by atoms with Crippen molar-refractivity contribution in [2.24, 2.45) is 11.0 Å². The molecule has 4 rings (SSSR count). The first-order valence-corrected chi connectivity index (χ1v) is 9.00. The molecule has 0 fully saturated rings. The molecule has 0 bridgehead atoms. The Morgan fingerprint density at radius 1 is 0.929 bits per heavy atom. The number of hydrogen-bond acceptors (Lipinski definition) is 4. The van der Waals surface area contributed by atoms with Crippen molar-refractivity contribution in [3.8, 4) is 0 Å². The molecule has 0 saturated carbocycles. The Morgan fingerprint density at radius 2 is 1.54 bits per heavy atom. The lowest BCUT2D eigenvalue weighted by Crippen LogP contribution is -2.32. The second-order valence-corrected chi connectivity index (χ2v) is 6.53. The van der Waals surface area contributed by atoms with Gasteiger partial charge in [0.05, 0.1) is 24.6 Å². The number of para-hydroxylation sites is 1. The molecule has 5 heteroatoms. The Bertz CT molecular complexity index is 988. The fraction of sp³-hybridized carbons (Fsp3) is 0.130. The van der Waals surface area contributed by atoms with Crippen LogP contribution < -0.4 is 5.01 Å². The molecule has 3 aromatic carbocycles. The number of carbonyl (C=O) groups is 1. The number of hydrogen-bond donors (Lipinski definition) is 0. The predicted molar refractivity (Wildman–Crippen MR) is 107 cm³/mol. The van der Waals surface area contributed by atoms with Gasteiger partial charge < -0.3 is 4.74 Å². The molecule has 2 atom stereocenters. The van der Waals surface area contributed by atoms with E-state index in [1.54, 1.807) is 12.1 Å². The van der Waals surface area contributed by atoms with Crippen LogP contribution in [0.5, 0.6) is 0 Å². The van der Waals surface area contributed by atoms with Crippen molar-refractivity contribution < 1.29 is 13.9 Å². The van der Waals surface area contributed by atoms with E-state index in [9.17, 15) is 9.18 Å². The smallest absolute Gasteiger partial charge is 0.317 e. The number of benzene rings is 3. The van der Waals surface area contributed by atoms with Crippen LogP contribution in [0.25, 0.3) is 0 Å². The molecule has 0 amide bonds. The topological polar surface area (TPSA) is 41.9 Å². The Morgan fingerprint density at radius 3 is 2.14 bits per heavy atom. The van der Waals surface area contributed by atoms with Gasteiger partial charge in [-0.1, -0.05) is 60.7 Å². The largest absolute Gasteiger partial charge is 0.468 e.